The molecule has 1 aliphatic rings. The number of esters is 2. The number of allylic oxidation sites excluding steroid dienone is 1. The summed E-state index contributed by atoms with van der Waals surface area (Å²) < 4.78 is 9.51. The van der Waals surface area contributed by atoms with Crippen molar-refractivity contribution in [3.8, 4) is 6.07 Å². The second kappa shape index (κ2) is 9.70. The van der Waals surface area contributed by atoms with Gasteiger partial charge < -0.3 is 14.8 Å². The quantitative estimate of drug-likeness (QED) is 0.301. The molecule has 2 rings (SSSR count). The molecule has 0 radical (unpaired) electrons. The Labute approximate surface area is 170 Å². The number of nitro groups is 1. The first-order valence-corrected chi connectivity index (χ1v) is 9.38. The van der Waals surface area contributed by atoms with Gasteiger partial charge in [-0.25, -0.2) is 0 Å². The lowest BCUT2D eigenvalue weighted by Crippen LogP contribution is -2.44. The van der Waals surface area contributed by atoms with Crippen molar-refractivity contribution in [1.29, 1.82) is 5.26 Å². The second-order valence-corrected chi connectivity index (χ2v) is 6.72. The molecule has 1 amide bonds. The minimum Gasteiger partial charge on any atom is -0.468 e. The molecule has 0 aromatic heterocycles. The molecular weight excluding hydrogens is 402 g/mol. The highest BCUT2D eigenvalue weighted by atomic mass is 32.2. The second-order valence-electron chi connectivity index (χ2n) is 5.73. The highest BCUT2D eigenvalue weighted by Crippen LogP contribution is 2.43. The molecule has 0 saturated heterocycles. The van der Waals surface area contributed by atoms with Gasteiger partial charge in [-0.2, -0.15) is 5.26 Å². The number of carbonyl (C=O) groups excluding carboxylic acids is 3. The van der Waals surface area contributed by atoms with Crippen LogP contribution in [0.5, 0.6) is 0 Å². The van der Waals surface area contributed by atoms with Gasteiger partial charge in [-0.1, -0.05) is 30.0 Å². The van der Waals surface area contributed by atoms with E-state index in [4.69, 9.17) is 4.74 Å². The van der Waals surface area contributed by atoms with E-state index >= 15 is 0 Å². The van der Waals surface area contributed by atoms with Crippen LogP contribution in [0.1, 0.15) is 18.4 Å². The lowest BCUT2D eigenvalue weighted by Gasteiger charge is -2.30. The number of ether oxygens (including phenoxy) is 2. The number of amides is 1. The van der Waals surface area contributed by atoms with E-state index in [1.165, 1.54) is 24.3 Å². The summed E-state index contributed by atoms with van der Waals surface area (Å²) in [4.78, 5) is 47.4. The Morgan fingerprint density at radius 3 is 2.66 bits per heavy atom. The van der Waals surface area contributed by atoms with Crippen LogP contribution in [-0.4, -0.2) is 42.2 Å². The maximum absolute atomic E-state index is 12.6. The van der Waals surface area contributed by atoms with E-state index in [2.05, 4.69) is 10.1 Å². The Hall–Kier alpha value is -3.39. The van der Waals surface area contributed by atoms with Gasteiger partial charge in [0.15, 0.2) is 0 Å². The maximum Gasteiger partial charge on any atom is 0.319 e. The van der Waals surface area contributed by atoms with Gasteiger partial charge in [-0.15, -0.1) is 0 Å². The van der Waals surface area contributed by atoms with Crippen molar-refractivity contribution >= 4 is 35.3 Å². The molecule has 0 saturated carbocycles. The molecule has 1 aromatic carbocycles. The first-order chi connectivity index (χ1) is 13.8. The third-order valence-electron chi connectivity index (χ3n) is 4.09. The summed E-state index contributed by atoms with van der Waals surface area (Å²) in [6.07, 6.45) is 0. The van der Waals surface area contributed by atoms with E-state index in [0.717, 1.165) is 18.9 Å². The van der Waals surface area contributed by atoms with Crippen LogP contribution in [0.3, 0.4) is 0 Å². The van der Waals surface area contributed by atoms with Gasteiger partial charge in [0, 0.05) is 11.6 Å². The average molecular weight is 419 g/mol. The van der Waals surface area contributed by atoms with E-state index in [1.54, 1.807) is 6.92 Å². The zero-order valence-electron chi connectivity index (χ0n) is 15.5. The summed E-state index contributed by atoms with van der Waals surface area (Å²) in [6.45, 7) is 1.80. The summed E-state index contributed by atoms with van der Waals surface area (Å²) in [5, 5.41) is 23.7. The van der Waals surface area contributed by atoms with Crippen molar-refractivity contribution < 1.29 is 28.8 Å². The number of nitrogens with zero attached hydrogens (tertiary/aromatic N) is 2. The minimum atomic E-state index is -1.50. The SMILES string of the molecule is CCOC(=O)CSC1=C(C#N)[C@@H](c2ccccc2[N+](=O)[O-])[C@@H](C(=O)OC)C(=O)N1. The molecule has 0 aliphatic carbocycles. The summed E-state index contributed by atoms with van der Waals surface area (Å²) >= 11 is 0.845. The van der Waals surface area contributed by atoms with Gasteiger partial charge in [0.1, 0.15) is 5.92 Å². The summed E-state index contributed by atoms with van der Waals surface area (Å²) in [5.74, 6) is -5.22. The zero-order chi connectivity index (χ0) is 21.6. The fourth-order valence-corrected chi connectivity index (χ4v) is 3.75. The molecule has 0 fully saturated rings. The number of carbonyl (C=O) groups is 3. The molecular formula is C18H17N3O7S. The molecule has 152 valence electrons. The first kappa shape index (κ1) is 21.9. The molecule has 0 spiro atoms. The molecule has 1 aromatic rings. The van der Waals surface area contributed by atoms with Crippen molar-refractivity contribution in [3.63, 3.8) is 0 Å². The number of hydrogen-bond donors (Lipinski definition) is 1. The van der Waals surface area contributed by atoms with Crippen molar-refractivity contribution in [2.24, 2.45) is 5.92 Å². The number of nitrogens with one attached hydrogen (secondary N) is 1. The fraction of sp³-hybridized carbons (Fsp3) is 0.333. The number of para-hydroxylation sites is 1. The molecule has 1 heterocycles. The summed E-state index contributed by atoms with van der Waals surface area (Å²) in [7, 11) is 1.08. The van der Waals surface area contributed by atoms with Crippen molar-refractivity contribution in [1.82, 2.24) is 5.32 Å². The Morgan fingerprint density at radius 1 is 1.38 bits per heavy atom. The van der Waals surface area contributed by atoms with E-state index in [-0.39, 0.29) is 34.2 Å². The highest BCUT2D eigenvalue weighted by Gasteiger charge is 2.46. The van der Waals surface area contributed by atoms with Gasteiger partial charge in [0.25, 0.3) is 5.69 Å². The predicted molar refractivity (Wildman–Crippen MR) is 101 cm³/mol. The largest absolute Gasteiger partial charge is 0.468 e. The zero-order valence-corrected chi connectivity index (χ0v) is 16.4. The van der Waals surface area contributed by atoms with Crippen LogP contribution < -0.4 is 5.32 Å². The Kier molecular flexibility index (Phi) is 7.33. The van der Waals surface area contributed by atoms with Crippen LogP contribution in [0.4, 0.5) is 5.69 Å². The van der Waals surface area contributed by atoms with Crippen molar-refractivity contribution in [3.05, 3.63) is 50.5 Å². The molecule has 1 N–H and O–H groups in total. The van der Waals surface area contributed by atoms with Gasteiger partial charge in [0.2, 0.25) is 5.91 Å². The van der Waals surface area contributed by atoms with Gasteiger partial charge in [0.05, 0.1) is 47.0 Å². The highest BCUT2D eigenvalue weighted by molar-refractivity contribution is 8.03. The lowest BCUT2D eigenvalue weighted by atomic mass is 9.78. The number of hydrogen-bond acceptors (Lipinski definition) is 9. The van der Waals surface area contributed by atoms with Crippen LogP contribution in [0.15, 0.2) is 34.9 Å². The standard InChI is InChI=1S/C18H17N3O7S/c1-3-28-13(22)9-29-17-11(8-19)14(15(16(23)20-17)18(24)27-2)10-6-4-5-7-12(10)21(25)26/h4-7,14-15H,3,9H2,1-2H3,(H,20,23)/t14-,15-/m1/s1. The number of thioether (sulfide) groups is 1. The number of rotatable bonds is 7. The maximum atomic E-state index is 12.6. The molecule has 11 heteroatoms. The van der Waals surface area contributed by atoms with Crippen LogP contribution in [-0.2, 0) is 23.9 Å². The lowest BCUT2D eigenvalue weighted by molar-refractivity contribution is -0.385. The van der Waals surface area contributed by atoms with E-state index in [1.807, 2.05) is 6.07 Å². The monoisotopic (exact) mass is 419 g/mol. The topological polar surface area (TPSA) is 149 Å². The fourth-order valence-electron chi connectivity index (χ4n) is 2.91. The average Bonchev–Trinajstić information content (AvgIpc) is 2.71. The van der Waals surface area contributed by atoms with E-state index < -0.39 is 34.6 Å². The van der Waals surface area contributed by atoms with Gasteiger partial charge in [-0.3, -0.25) is 24.5 Å². The normalized spacial score (nSPS) is 18.4. The Balaban J connectivity index is 2.61. The predicted octanol–water partition coefficient (Wildman–Crippen LogP) is 1.63. The van der Waals surface area contributed by atoms with Crippen molar-refractivity contribution in [2.45, 2.75) is 12.8 Å². The molecule has 0 unspecified atom stereocenters. The summed E-state index contributed by atoms with van der Waals surface area (Å²) in [5.41, 5.74) is -0.402. The van der Waals surface area contributed by atoms with Crippen LogP contribution in [0.25, 0.3) is 0 Å². The number of methoxy groups -OCH3 is 1. The minimum absolute atomic E-state index is 0.0218. The van der Waals surface area contributed by atoms with Gasteiger partial charge >= 0.3 is 11.9 Å². The van der Waals surface area contributed by atoms with E-state index in [0.29, 0.717) is 0 Å². The molecule has 2 atom stereocenters. The molecule has 0 bridgehead atoms. The molecule has 1 aliphatic heterocycles. The van der Waals surface area contributed by atoms with Gasteiger partial charge in [-0.05, 0) is 6.92 Å². The third kappa shape index (κ3) is 4.72. The smallest absolute Gasteiger partial charge is 0.319 e. The van der Waals surface area contributed by atoms with Crippen LogP contribution in [0, 0.1) is 27.4 Å². The number of benzene rings is 1. The Bertz CT molecular complexity index is 922. The third-order valence-corrected chi connectivity index (χ3v) is 5.08. The molecule has 29 heavy (non-hydrogen) atoms. The Morgan fingerprint density at radius 2 is 2.07 bits per heavy atom. The summed E-state index contributed by atoms with van der Waals surface area (Å²) in [6, 6.07) is 7.45. The first-order valence-electron chi connectivity index (χ1n) is 8.40. The van der Waals surface area contributed by atoms with E-state index in [9.17, 15) is 29.8 Å². The number of nitriles is 1. The van der Waals surface area contributed by atoms with Crippen LogP contribution >= 0.6 is 11.8 Å². The van der Waals surface area contributed by atoms with Crippen LogP contribution in [0.2, 0.25) is 0 Å². The number of nitro benzene ring substituents is 1. The molecule has 10 nitrogen and oxygen atoms in total. The van der Waals surface area contributed by atoms with Crippen molar-refractivity contribution in [2.75, 3.05) is 19.5 Å².